The second-order valence-corrected chi connectivity index (χ2v) is 5.47. The van der Waals surface area contributed by atoms with Gasteiger partial charge in [-0.2, -0.15) is 0 Å². The highest BCUT2D eigenvalue weighted by atomic mass is 16.5. The van der Waals surface area contributed by atoms with Gasteiger partial charge in [-0.25, -0.2) is 0 Å². The molecule has 0 saturated carbocycles. The Kier molecular flexibility index (Phi) is 4.42. The first-order chi connectivity index (χ1) is 10.4. The maximum atomic E-state index is 6.30. The van der Waals surface area contributed by atoms with Gasteiger partial charge in [0.25, 0.3) is 7.48 Å². The standard InChI is InChI=1S/C18H21BNO/c1-19-21-18(17-13-8-14-20-17,15-9-4-2-5-10-15)16-11-6-3-7-12-16/h2-7,9-12,17,20H,8,13-14H2,1H3/t17-/m1/s1. The molecule has 0 aliphatic carbocycles. The van der Waals surface area contributed by atoms with Gasteiger partial charge in [0.1, 0.15) is 5.60 Å². The van der Waals surface area contributed by atoms with Crippen LogP contribution in [0.4, 0.5) is 0 Å². The molecule has 0 spiro atoms. The summed E-state index contributed by atoms with van der Waals surface area (Å²) in [6.07, 6.45) is 2.32. The molecule has 3 heteroatoms. The van der Waals surface area contributed by atoms with Gasteiger partial charge in [0.05, 0.1) is 0 Å². The molecule has 3 rings (SSSR count). The third-order valence-electron chi connectivity index (χ3n) is 4.26. The number of rotatable bonds is 5. The van der Waals surface area contributed by atoms with Crippen molar-refractivity contribution in [2.24, 2.45) is 0 Å². The normalized spacial score (nSPS) is 18.6. The zero-order valence-corrected chi connectivity index (χ0v) is 12.5. The van der Waals surface area contributed by atoms with Crippen LogP contribution in [-0.4, -0.2) is 20.1 Å². The van der Waals surface area contributed by atoms with Crippen LogP contribution in [0.1, 0.15) is 24.0 Å². The van der Waals surface area contributed by atoms with E-state index in [-0.39, 0.29) is 0 Å². The molecule has 2 nitrogen and oxygen atoms in total. The summed E-state index contributed by atoms with van der Waals surface area (Å²) in [6, 6.07) is 21.4. The van der Waals surface area contributed by atoms with Gasteiger partial charge in [0.2, 0.25) is 0 Å². The summed E-state index contributed by atoms with van der Waals surface area (Å²) in [4.78, 5) is 0. The molecular formula is C18H21BNO. The Balaban J connectivity index is 2.15. The van der Waals surface area contributed by atoms with Crippen molar-refractivity contribution in [1.82, 2.24) is 5.32 Å². The lowest BCUT2D eigenvalue weighted by atomic mass is 9.77. The molecule has 107 valence electrons. The average molecular weight is 278 g/mol. The van der Waals surface area contributed by atoms with Crippen molar-refractivity contribution >= 4 is 7.48 Å². The summed E-state index contributed by atoms with van der Waals surface area (Å²) in [5.41, 5.74) is 1.95. The predicted molar refractivity (Wildman–Crippen MR) is 87.4 cm³/mol. The lowest BCUT2D eigenvalue weighted by molar-refractivity contribution is 0.0778. The summed E-state index contributed by atoms with van der Waals surface area (Å²) >= 11 is 0. The molecule has 1 aliphatic rings. The number of hydrogen-bond donors (Lipinski definition) is 1. The monoisotopic (exact) mass is 278 g/mol. The van der Waals surface area contributed by atoms with Gasteiger partial charge in [0.15, 0.2) is 0 Å². The summed E-state index contributed by atoms with van der Waals surface area (Å²) in [6.45, 7) is 3.01. The Hall–Kier alpha value is -1.58. The van der Waals surface area contributed by atoms with Crippen molar-refractivity contribution in [3.63, 3.8) is 0 Å². The minimum Gasteiger partial charge on any atom is -0.427 e. The van der Waals surface area contributed by atoms with Crippen LogP contribution in [0.2, 0.25) is 6.82 Å². The highest BCUT2D eigenvalue weighted by molar-refractivity contribution is 6.25. The first-order valence-electron chi connectivity index (χ1n) is 7.68. The van der Waals surface area contributed by atoms with Crippen molar-refractivity contribution < 1.29 is 4.65 Å². The molecule has 2 aromatic carbocycles. The summed E-state index contributed by atoms with van der Waals surface area (Å²) in [5.74, 6) is 0. The van der Waals surface area contributed by atoms with Crippen LogP contribution in [0.5, 0.6) is 0 Å². The van der Waals surface area contributed by atoms with Gasteiger partial charge in [0, 0.05) is 6.04 Å². The van der Waals surface area contributed by atoms with Gasteiger partial charge < -0.3 is 9.97 Å². The topological polar surface area (TPSA) is 21.3 Å². The van der Waals surface area contributed by atoms with Crippen molar-refractivity contribution in [1.29, 1.82) is 0 Å². The molecule has 21 heavy (non-hydrogen) atoms. The molecule has 1 atom stereocenters. The Labute approximate surface area is 127 Å². The van der Waals surface area contributed by atoms with Crippen molar-refractivity contribution in [3.05, 3.63) is 71.8 Å². The number of hydrogen-bond acceptors (Lipinski definition) is 2. The van der Waals surface area contributed by atoms with Crippen LogP contribution in [0.25, 0.3) is 0 Å². The molecule has 1 aliphatic heterocycles. The Bertz CT molecular complexity index is 512. The minimum absolute atomic E-state index is 0.290. The maximum absolute atomic E-state index is 6.30. The van der Waals surface area contributed by atoms with E-state index in [1.54, 1.807) is 0 Å². The lowest BCUT2D eigenvalue weighted by Crippen LogP contribution is -2.48. The summed E-state index contributed by atoms with van der Waals surface area (Å²) in [7, 11) is 1.82. The van der Waals surface area contributed by atoms with Crippen LogP contribution < -0.4 is 5.32 Å². The molecule has 1 fully saturated rings. The zero-order valence-electron chi connectivity index (χ0n) is 12.5. The SMILES string of the molecule is C[B]OC(c1ccccc1)(c1ccccc1)[C@H]1CCCN1. The van der Waals surface area contributed by atoms with E-state index in [9.17, 15) is 0 Å². The van der Waals surface area contributed by atoms with E-state index in [4.69, 9.17) is 4.65 Å². The molecule has 0 amide bonds. The second kappa shape index (κ2) is 6.46. The van der Waals surface area contributed by atoms with E-state index in [0.29, 0.717) is 6.04 Å². The maximum Gasteiger partial charge on any atom is 0.290 e. The van der Waals surface area contributed by atoms with Gasteiger partial charge >= 0.3 is 0 Å². The van der Waals surface area contributed by atoms with E-state index >= 15 is 0 Å². The van der Waals surface area contributed by atoms with Crippen LogP contribution in [-0.2, 0) is 10.3 Å². The summed E-state index contributed by atoms with van der Waals surface area (Å²) in [5, 5.41) is 3.63. The first kappa shape index (κ1) is 14.4. The molecule has 0 unspecified atom stereocenters. The van der Waals surface area contributed by atoms with Gasteiger partial charge in [-0.15, -0.1) is 0 Å². The van der Waals surface area contributed by atoms with Crippen LogP contribution in [0.15, 0.2) is 60.7 Å². The molecule has 2 aromatic rings. The second-order valence-electron chi connectivity index (χ2n) is 5.47. The van der Waals surface area contributed by atoms with E-state index in [1.807, 2.05) is 14.3 Å². The van der Waals surface area contributed by atoms with Crippen LogP contribution in [0, 0.1) is 0 Å². The summed E-state index contributed by atoms with van der Waals surface area (Å²) < 4.78 is 6.30. The third-order valence-corrected chi connectivity index (χ3v) is 4.26. The largest absolute Gasteiger partial charge is 0.427 e. The third kappa shape index (κ3) is 2.64. The van der Waals surface area contributed by atoms with Gasteiger partial charge in [-0.05, 0) is 30.5 Å². The van der Waals surface area contributed by atoms with E-state index < -0.39 is 5.60 Å². The van der Waals surface area contributed by atoms with Crippen LogP contribution >= 0.6 is 0 Å². The van der Waals surface area contributed by atoms with Crippen molar-refractivity contribution in [2.45, 2.75) is 31.3 Å². The lowest BCUT2D eigenvalue weighted by Gasteiger charge is -2.40. The highest BCUT2D eigenvalue weighted by Crippen LogP contribution is 2.39. The van der Waals surface area contributed by atoms with Crippen LogP contribution in [0.3, 0.4) is 0 Å². The average Bonchev–Trinajstić information content (AvgIpc) is 3.09. The smallest absolute Gasteiger partial charge is 0.290 e. The fourth-order valence-corrected chi connectivity index (χ4v) is 3.38. The Morgan fingerprint density at radius 1 is 1.00 bits per heavy atom. The predicted octanol–water partition coefficient (Wildman–Crippen LogP) is 3.37. The molecule has 1 saturated heterocycles. The minimum atomic E-state index is -0.451. The Morgan fingerprint density at radius 2 is 1.57 bits per heavy atom. The molecular weight excluding hydrogens is 257 g/mol. The first-order valence-corrected chi connectivity index (χ1v) is 7.68. The fraction of sp³-hybridized carbons (Fsp3) is 0.333. The van der Waals surface area contributed by atoms with Crippen molar-refractivity contribution in [3.8, 4) is 0 Å². The molecule has 1 radical (unpaired) electrons. The highest BCUT2D eigenvalue weighted by Gasteiger charge is 2.43. The zero-order chi connectivity index (χ0) is 14.5. The van der Waals surface area contributed by atoms with E-state index in [1.165, 1.54) is 17.5 Å². The number of benzene rings is 2. The molecule has 0 aromatic heterocycles. The van der Waals surface area contributed by atoms with E-state index in [0.717, 1.165) is 13.0 Å². The Morgan fingerprint density at radius 3 is 2.00 bits per heavy atom. The molecule has 0 bridgehead atoms. The molecule has 1 N–H and O–H groups in total. The molecule has 1 heterocycles. The number of nitrogens with one attached hydrogen (secondary N) is 1. The quantitative estimate of drug-likeness (QED) is 0.847. The van der Waals surface area contributed by atoms with Crippen molar-refractivity contribution in [2.75, 3.05) is 6.54 Å². The van der Waals surface area contributed by atoms with Gasteiger partial charge in [-0.1, -0.05) is 67.5 Å². The van der Waals surface area contributed by atoms with Gasteiger partial charge in [-0.3, -0.25) is 0 Å². The van der Waals surface area contributed by atoms with E-state index in [2.05, 4.69) is 66.0 Å². The fourth-order valence-electron chi connectivity index (χ4n) is 3.38.